The topological polar surface area (TPSA) is 81.2 Å². The van der Waals surface area contributed by atoms with Crippen LogP contribution in [-0.2, 0) is 0 Å². The molecule has 5 nitrogen and oxygen atoms in total. The van der Waals surface area contributed by atoms with Crippen LogP contribution in [0.4, 0.5) is 15.8 Å². The SMILES string of the molecule is NC1CC(Nc2cc(F)c(I)cc2[N+](=O)[O-])C1. The average Bonchev–Trinajstić information content (AvgIpc) is 2.20. The highest BCUT2D eigenvalue weighted by Crippen LogP contribution is 2.31. The normalized spacial score (nSPS) is 23.0. The molecule has 3 N–H and O–H groups in total. The highest BCUT2D eigenvalue weighted by Gasteiger charge is 2.28. The minimum atomic E-state index is -0.511. The Labute approximate surface area is 111 Å². The van der Waals surface area contributed by atoms with Crippen molar-refractivity contribution in [1.29, 1.82) is 0 Å². The van der Waals surface area contributed by atoms with Crippen molar-refractivity contribution in [2.75, 3.05) is 5.32 Å². The van der Waals surface area contributed by atoms with Crippen molar-refractivity contribution in [3.05, 3.63) is 31.6 Å². The summed E-state index contributed by atoms with van der Waals surface area (Å²) in [7, 11) is 0. The van der Waals surface area contributed by atoms with Gasteiger partial charge in [0.1, 0.15) is 11.5 Å². The zero-order valence-corrected chi connectivity index (χ0v) is 11.0. The van der Waals surface area contributed by atoms with E-state index in [0.717, 1.165) is 12.8 Å². The molecule has 2 rings (SSSR count). The molecule has 0 amide bonds. The van der Waals surface area contributed by atoms with Gasteiger partial charge in [-0.3, -0.25) is 10.1 Å². The van der Waals surface area contributed by atoms with E-state index in [4.69, 9.17) is 5.73 Å². The van der Waals surface area contributed by atoms with Gasteiger partial charge in [-0.1, -0.05) is 0 Å². The Balaban J connectivity index is 2.25. The van der Waals surface area contributed by atoms with E-state index in [1.165, 1.54) is 12.1 Å². The van der Waals surface area contributed by atoms with Crippen LogP contribution in [0.2, 0.25) is 0 Å². The first-order valence-electron chi connectivity index (χ1n) is 5.13. The number of anilines is 1. The third-order valence-electron chi connectivity index (χ3n) is 2.77. The standard InChI is InChI=1S/C10H11FIN3O2/c11-7-3-9(14-6-1-5(13)2-6)10(15(16)17)4-8(7)12/h3-6,14H,1-2,13H2. The number of benzene rings is 1. The van der Waals surface area contributed by atoms with Gasteiger partial charge in [0.25, 0.3) is 5.69 Å². The minimum absolute atomic E-state index is 0.100. The molecule has 0 unspecified atom stereocenters. The zero-order chi connectivity index (χ0) is 12.6. The second kappa shape index (κ2) is 4.73. The molecular weight excluding hydrogens is 340 g/mol. The molecule has 0 aliphatic heterocycles. The summed E-state index contributed by atoms with van der Waals surface area (Å²) in [6.07, 6.45) is 1.51. The van der Waals surface area contributed by atoms with Gasteiger partial charge in [0.2, 0.25) is 0 Å². The summed E-state index contributed by atoms with van der Waals surface area (Å²) in [5.41, 5.74) is 5.75. The zero-order valence-electron chi connectivity index (χ0n) is 8.82. The summed E-state index contributed by atoms with van der Waals surface area (Å²) in [4.78, 5) is 10.3. The second-order valence-electron chi connectivity index (χ2n) is 4.11. The molecule has 1 aliphatic carbocycles. The largest absolute Gasteiger partial charge is 0.377 e. The Hall–Kier alpha value is -0.960. The van der Waals surface area contributed by atoms with Crippen molar-refractivity contribution in [1.82, 2.24) is 0 Å². The smallest absolute Gasteiger partial charge is 0.293 e. The van der Waals surface area contributed by atoms with Crippen molar-refractivity contribution < 1.29 is 9.31 Å². The van der Waals surface area contributed by atoms with E-state index >= 15 is 0 Å². The Morgan fingerprint density at radius 1 is 1.53 bits per heavy atom. The summed E-state index contributed by atoms with van der Waals surface area (Å²) < 4.78 is 13.6. The molecule has 0 saturated heterocycles. The maximum absolute atomic E-state index is 13.4. The van der Waals surface area contributed by atoms with Crippen LogP contribution in [0, 0.1) is 19.5 Å². The molecule has 1 aliphatic rings. The number of hydrogen-bond donors (Lipinski definition) is 2. The van der Waals surface area contributed by atoms with Crippen LogP contribution in [0.15, 0.2) is 12.1 Å². The fourth-order valence-corrected chi connectivity index (χ4v) is 2.25. The molecule has 0 radical (unpaired) electrons. The predicted molar refractivity (Wildman–Crippen MR) is 70.4 cm³/mol. The number of nitrogens with two attached hydrogens (primary N) is 1. The van der Waals surface area contributed by atoms with Crippen molar-refractivity contribution in [3.8, 4) is 0 Å². The first-order valence-corrected chi connectivity index (χ1v) is 6.21. The van der Waals surface area contributed by atoms with Crippen LogP contribution in [-0.4, -0.2) is 17.0 Å². The van der Waals surface area contributed by atoms with Crippen LogP contribution < -0.4 is 11.1 Å². The highest BCUT2D eigenvalue weighted by molar-refractivity contribution is 14.1. The lowest BCUT2D eigenvalue weighted by atomic mass is 9.87. The average molecular weight is 351 g/mol. The molecule has 92 valence electrons. The molecular formula is C10H11FIN3O2. The van der Waals surface area contributed by atoms with Gasteiger partial charge in [-0.05, 0) is 35.4 Å². The molecule has 1 aromatic carbocycles. The van der Waals surface area contributed by atoms with Gasteiger partial charge in [-0.15, -0.1) is 0 Å². The Morgan fingerprint density at radius 2 is 2.18 bits per heavy atom. The molecule has 1 saturated carbocycles. The lowest BCUT2D eigenvalue weighted by Gasteiger charge is -2.33. The van der Waals surface area contributed by atoms with Crippen LogP contribution in [0.25, 0.3) is 0 Å². The monoisotopic (exact) mass is 351 g/mol. The number of hydrogen-bond acceptors (Lipinski definition) is 4. The van der Waals surface area contributed by atoms with Crippen molar-refractivity contribution in [2.24, 2.45) is 5.73 Å². The van der Waals surface area contributed by atoms with Gasteiger partial charge >= 0.3 is 0 Å². The van der Waals surface area contributed by atoms with Crippen LogP contribution in [0.3, 0.4) is 0 Å². The fourth-order valence-electron chi connectivity index (χ4n) is 1.80. The number of nitro benzene ring substituents is 1. The van der Waals surface area contributed by atoms with Gasteiger partial charge in [0.05, 0.1) is 8.49 Å². The summed E-state index contributed by atoms with van der Waals surface area (Å²) in [5.74, 6) is -0.456. The maximum Gasteiger partial charge on any atom is 0.293 e. The van der Waals surface area contributed by atoms with E-state index in [9.17, 15) is 14.5 Å². The predicted octanol–water partition coefficient (Wildman–Crippen LogP) is 2.24. The number of halogens is 2. The van der Waals surface area contributed by atoms with Gasteiger partial charge < -0.3 is 11.1 Å². The van der Waals surface area contributed by atoms with Gasteiger partial charge in [-0.25, -0.2) is 4.39 Å². The van der Waals surface area contributed by atoms with Crippen molar-refractivity contribution >= 4 is 34.0 Å². The van der Waals surface area contributed by atoms with Gasteiger partial charge in [0, 0.05) is 24.2 Å². The molecule has 0 atom stereocenters. The third-order valence-corrected chi connectivity index (χ3v) is 3.60. The quantitative estimate of drug-likeness (QED) is 0.497. The van der Waals surface area contributed by atoms with E-state index in [1.807, 2.05) is 0 Å². The third kappa shape index (κ3) is 2.65. The number of nitro groups is 1. The molecule has 0 heterocycles. The Morgan fingerprint density at radius 3 is 2.71 bits per heavy atom. The van der Waals surface area contributed by atoms with Crippen molar-refractivity contribution in [2.45, 2.75) is 24.9 Å². The fraction of sp³-hybridized carbons (Fsp3) is 0.400. The summed E-state index contributed by atoms with van der Waals surface area (Å²) in [6.45, 7) is 0. The molecule has 0 spiro atoms. The number of rotatable bonds is 3. The number of nitrogens with zero attached hydrogens (tertiary/aromatic N) is 1. The minimum Gasteiger partial charge on any atom is -0.377 e. The molecule has 7 heteroatoms. The molecule has 0 bridgehead atoms. The van der Waals surface area contributed by atoms with E-state index in [-0.39, 0.29) is 27.0 Å². The Bertz CT molecular complexity index is 463. The molecule has 1 fully saturated rings. The van der Waals surface area contributed by atoms with E-state index in [2.05, 4.69) is 5.32 Å². The van der Waals surface area contributed by atoms with Crippen LogP contribution in [0.1, 0.15) is 12.8 Å². The molecule has 1 aromatic rings. The lowest BCUT2D eigenvalue weighted by molar-refractivity contribution is -0.384. The van der Waals surface area contributed by atoms with Crippen LogP contribution in [0.5, 0.6) is 0 Å². The summed E-state index contributed by atoms with van der Waals surface area (Å²) in [6, 6.07) is 2.64. The highest BCUT2D eigenvalue weighted by atomic mass is 127. The van der Waals surface area contributed by atoms with E-state index < -0.39 is 10.7 Å². The summed E-state index contributed by atoms with van der Waals surface area (Å²) >= 11 is 1.73. The van der Waals surface area contributed by atoms with E-state index in [0.29, 0.717) is 0 Å². The van der Waals surface area contributed by atoms with Crippen LogP contribution >= 0.6 is 22.6 Å². The maximum atomic E-state index is 13.4. The van der Waals surface area contributed by atoms with Gasteiger partial charge in [-0.2, -0.15) is 0 Å². The van der Waals surface area contributed by atoms with E-state index in [1.54, 1.807) is 22.6 Å². The van der Waals surface area contributed by atoms with Crippen molar-refractivity contribution in [3.63, 3.8) is 0 Å². The first-order chi connectivity index (χ1) is 7.97. The lowest BCUT2D eigenvalue weighted by Crippen LogP contribution is -2.44. The molecule has 17 heavy (non-hydrogen) atoms. The Kier molecular flexibility index (Phi) is 3.48. The second-order valence-corrected chi connectivity index (χ2v) is 5.28. The number of nitrogens with one attached hydrogen (secondary N) is 1. The van der Waals surface area contributed by atoms with Gasteiger partial charge in [0.15, 0.2) is 0 Å². The summed E-state index contributed by atoms with van der Waals surface area (Å²) in [5, 5.41) is 13.8. The molecule has 0 aromatic heterocycles. The first kappa shape index (κ1) is 12.5.